The molecule has 2 aromatic heterocycles. The van der Waals surface area contributed by atoms with Crippen LogP contribution in [0.25, 0.3) is 0 Å². The molecule has 1 aromatic carbocycles. The first-order valence-electron chi connectivity index (χ1n) is 9.72. The maximum Gasteiger partial charge on any atom is 0.286 e. The minimum atomic E-state index is -0.322. The molecule has 0 radical (unpaired) electrons. The average molecular weight is 391 g/mol. The number of amides is 2. The van der Waals surface area contributed by atoms with E-state index in [9.17, 15) is 9.59 Å². The van der Waals surface area contributed by atoms with Gasteiger partial charge in [-0.3, -0.25) is 14.6 Å². The van der Waals surface area contributed by atoms with Crippen LogP contribution in [0.3, 0.4) is 0 Å². The molecule has 6 nitrogen and oxygen atoms in total. The molecule has 0 fully saturated rings. The molecule has 2 heterocycles. The number of furan rings is 1. The zero-order valence-corrected chi connectivity index (χ0v) is 16.5. The van der Waals surface area contributed by atoms with E-state index >= 15 is 0 Å². The molecule has 2 amide bonds. The number of carbonyl (C=O) groups is 2. The molecule has 3 aromatic rings. The quantitative estimate of drug-likeness (QED) is 0.605. The third-order valence-corrected chi connectivity index (χ3v) is 4.62. The normalized spacial score (nSPS) is 10.5. The van der Waals surface area contributed by atoms with Gasteiger partial charge in [0.15, 0.2) is 5.76 Å². The lowest BCUT2D eigenvalue weighted by Gasteiger charge is -2.23. The molecule has 0 aliphatic rings. The van der Waals surface area contributed by atoms with Crippen molar-refractivity contribution in [2.75, 3.05) is 6.54 Å². The summed E-state index contributed by atoms with van der Waals surface area (Å²) >= 11 is 0. The van der Waals surface area contributed by atoms with Gasteiger partial charge in [-0.2, -0.15) is 0 Å². The van der Waals surface area contributed by atoms with Crippen molar-refractivity contribution in [3.8, 4) is 0 Å². The summed E-state index contributed by atoms with van der Waals surface area (Å²) in [5, 5.41) is 2.72. The van der Waals surface area contributed by atoms with Crippen LogP contribution in [0.4, 0.5) is 0 Å². The number of hydrogen-bond donors (Lipinski definition) is 1. The molecule has 0 aliphatic carbocycles. The van der Waals surface area contributed by atoms with Gasteiger partial charge in [-0.05, 0) is 41.3 Å². The maximum atomic E-state index is 12.9. The summed E-state index contributed by atoms with van der Waals surface area (Å²) in [5.74, 6) is -0.120. The summed E-state index contributed by atoms with van der Waals surface area (Å²) in [5.41, 5.74) is 3.30. The number of benzene rings is 1. The summed E-state index contributed by atoms with van der Waals surface area (Å²) in [6.45, 7) is 3.33. The molecule has 0 bridgehead atoms. The van der Waals surface area contributed by atoms with E-state index in [1.54, 1.807) is 29.4 Å². The number of carbonyl (C=O) groups excluding carboxylic acids is 2. The van der Waals surface area contributed by atoms with Crippen molar-refractivity contribution in [2.24, 2.45) is 0 Å². The Morgan fingerprint density at radius 3 is 2.41 bits per heavy atom. The van der Waals surface area contributed by atoms with Gasteiger partial charge in [0, 0.05) is 38.4 Å². The van der Waals surface area contributed by atoms with E-state index in [0.717, 1.165) is 17.5 Å². The topological polar surface area (TPSA) is 75.4 Å². The number of aromatic nitrogens is 1. The lowest BCUT2D eigenvalue weighted by Crippen LogP contribution is -2.34. The molecule has 0 saturated heterocycles. The highest BCUT2D eigenvalue weighted by molar-refractivity contribution is 5.91. The maximum absolute atomic E-state index is 12.9. The van der Waals surface area contributed by atoms with Crippen molar-refractivity contribution in [3.05, 3.63) is 89.6 Å². The van der Waals surface area contributed by atoms with Crippen molar-refractivity contribution in [1.29, 1.82) is 0 Å². The van der Waals surface area contributed by atoms with Gasteiger partial charge in [0.05, 0.1) is 6.26 Å². The zero-order valence-electron chi connectivity index (χ0n) is 16.5. The SMILES string of the molecule is CCc1ccc(CN(Cc2cccnc2)C(=O)CCNC(=O)c2ccco2)cc1. The molecule has 3 rings (SSSR count). The van der Waals surface area contributed by atoms with Gasteiger partial charge in [0.25, 0.3) is 5.91 Å². The molecule has 0 spiro atoms. The molecule has 0 unspecified atom stereocenters. The molecule has 0 saturated carbocycles. The second-order valence-electron chi connectivity index (χ2n) is 6.76. The predicted molar refractivity (Wildman–Crippen MR) is 110 cm³/mol. The fraction of sp³-hybridized carbons (Fsp3) is 0.261. The Labute approximate surface area is 170 Å². The van der Waals surface area contributed by atoms with Crippen molar-refractivity contribution in [2.45, 2.75) is 32.9 Å². The molecule has 29 heavy (non-hydrogen) atoms. The summed E-state index contributed by atoms with van der Waals surface area (Å²) in [7, 11) is 0. The van der Waals surface area contributed by atoms with Crippen LogP contribution in [0.2, 0.25) is 0 Å². The first-order chi connectivity index (χ1) is 14.2. The zero-order chi connectivity index (χ0) is 20.5. The van der Waals surface area contributed by atoms with Crippen LogP contribution in [-0.4, -0.2) is 28.2 Å². The van der Waals surface area contributed by atoms with Crippen molar-refractivity contribution in [1.82, 2.24) is 15.2 Å². The summed E-state index contributed by atoms with van der Waals surface area (Å²) in [4.78, 5) is 30.8. The molecular formula is C23H25N3O3. The Balaban J connectivity index is 1.62. The summed E-state index contributed by atoms with van der Waals surface area (Å²) < 4.78 is 5.06. The second kappa shape index (κ2) is 10.2. The van der Waals surface area contributed by atoms with Crippen molar-refractivity contribution < 1.29 is 14.0 Å². The first-order valence-corrected chi connectivity index (χ1v) is 9.72. The fourth-order valence-corrected chi connectivity index (χ4v) is 2.98. The van der Waals surface area contributed by atoms with Gasteiger partial charge < -0.3 is 14.6 Å². The van der Waals surface area contributed by atoms with E-state index in [0.29, 0.717) is 13.1 Å². The standard InChI is InChI=1S/C23H25N3O3/c1-2-18-7-9-19(10-8-18)16-26(17-20-5-3-12-24-15-20)22(27)11-13-25-23(28)21-6-4-14-29-21/h3-10,12,14-15H,2,11,13,16-17H2,1H3,(H,25,28). The molecule has 0 aliphatic heterocycles. The van der Waals surface area contributed by atoms with Gasteiger partial charge in [-0.25, -0.2) is 0 Å². The van der Waals surface area contributed by atoms with E-state index in [-0.39, 0.29) is 30.5 Å². The lowest BCUT2D eigenvalue weighted by molar-refractivity contribution is -0.132. The summed E-state index contributed by atoms with van der Waals surface area (Å²) in [6.07, 6.45) is 6.11. The molecule has 150 valence electrons. The Morgan fingerprint density at radius 2 is 1.76 bits per heavy atom. The third kappa shape index (κ3) is 6.04. The highest BCUT2D eigenvalue weighted by Crippen LogP contribution is 2.13. The number of aryl methyl sites for hydroxylation is 1. The van der Waals surface area contributed by atoms with E-state index in [2.05, 4.69) is 41.5 Å². The first kappa shape index (κ1) is 20.3. The van der Waals surface area contributed by atoms with Crippen LogP contribution >= 0.6 is 0 Å². The number of hydrogen-bond acceptors (Lipinski definition) is 4. The predicted octanol–water partition coefficient (Wildman–Crippen LogP) is 3.59. The van der Waals surface area contributed by atoms with Crippen molar-refractivity contribution in [3.63, 3.8) is 0 Å². The van der Waals surface area contributed by atoms with Crippen molar-refractivity contribution >= 4 is 11.8 Å². The van der Waals surface area contributed by atoms with Gasteiger partial charge in [-0.15, -0.1) is 0 Å². The Kier molecular flexibility index (Phi) is 7.16. The number of nitrogens with zero attached hydrogens (tertiary/aromatic N) is 2. The van der Waals surface area contributed by atoms with Crippen LogP contribution < -0.4 is 5.32 Å². The number of nitrogens with one attached hydrogen (secondary N) is 1. The molecular weight excluding hydrogens is 366 g/mol. The van der Waals surface area contributed by atoms with Gasteiger partial charge in [0.1, 0.15) is 0 Å². The van der Waals surface area contributed by atoms with Gasteiger partial charge in [-0.1, -0.05) is 37.3 Å². The number of pyridine rings is 1. The monoisotopic (exact) mass is 391 g/mol. The third-order valence-electron chi connectivity index (χ3n) is 4.62. The van der Waals surface area contributed by atoms with Crippen LogP contribution in [0.5, 0.6) is 0 Å². The van der Waals surface area contributed by atoms with E-state index in [1.165, 1.54) is 11.8 Å². The largest absolute Gasteiger partial charge is 0.459 e. The minimum absolute atomic E-state index is 0.0341. The second-order valence-corrected chi connectivity index (χ2v) is 6.76. The molecule has 6 heteroatoms. The van der Waals surface area contributed by atoms with Gasteiger partial charge in [0.2, 0.25) is 5.91 Å². The Bertz CT molecular complexity index is 906. The summed E-state index contributed by atoms with van der Waals surface area (Å²) in [6, 6.07) is 15.3. The van der Waals surface area contributed by atoms with E-state index < -0.39 is 0 Å². The Hall–Kier alpha value is -3.41. The van der Waals surface area contributed by atoms with E-state index in [4.69, 9.17) is 4.42 Å². The molecule has 0 atom stereocenters. The number of rotatable bonds is 9. The molecule has 1 N–H and O–H groups in total. The van der Waals surface area contributed by atoms with Crippen LogP contribution in [0.1, 0.15) is 40.6 Å². The highest BCUT2D eigenvalue weighted by Gasteiger charge is 2.16. The van der Waals surface area contributed by atoms with Crippen LogP contribution in [0.15, 0.2) is 71.6 Å². The van der Waals surface area contributed by atoms with Crippen LogP contribution in [0, 0.1) is 0 Å². The van der Waals surface area contributed by atoms with Crippen LogP contribution in [-0.2, 0) is 24.3 Å². The highest BCUT2D eigenvalue weighted by atomic mass is 16.3. The Morgan fingerprint density at radius 1 is 1.00 bits per heavy atom. The average Bonchev–Trinajstić information content (AvgIpc) is 3.29. The fourth-order valence-electron chi connectivity index (χ4n) is 2.98. The van der Waals surface area contributed by atoms with Gasteiger partial charge >= 0.3 is 0 Å². The minimum Gasteiger partial charge on any atom is -0.459 e. The lowest BCUT2D eigenvalue weighted by atomic mass is 10.1. The van der Waals surface area contributed by atoms with E-state index in [1.807, 2.05) is 12.1 Å². The smallest absolute Gasteiger partial charge is 0.286 e.